The van der Waals surface area contributed by atoms with Gasteiger partial charge in [0.05, 0.1) is 25.8 Å². The molecule has 1 saturated carbocycles. The van der Waals surface area contributed by atoms with E-state index >= 15 is 0 Å². The number of methoxy groups -OCH3 is 1. The van der Waals surface area contributed by atoms with Gasteiger partial charge in [-0.2, -0.15) is 0 Å². The first kappa shape index (κ1) is 24.4. The van der Waals surface area contributed by atoms with Crippen LogP contribution in [0.4, 0.5) is 4.39 Å². The van der Waals surface area contributed by atoms with E-state index in [1.807, 2.05) is 38.1 Å². The van der Waals surface area contributed by atoms with E-state index in [0.29, 0.717) is 23.1 Å². The first-order chi connectivity index (χ1) is 16.8. The van der Waals surface area contributed by atoms with Crippen LogP contribution in [0.15, 0.2) is 48.7 Å². The van der Waals surface area contributed by atoms with Gasteiger partial charge in [-0.3, -0.25) is 4.79 Å². The van der Waals surface area contributed by atoms with Crippen LogP contribution in [0, 0.1) is 11.7 Å². The van der Waals surface area contributed by atoms with Gasteiger partial charge in [0, 0.05) is 5.56 Å². The van der Waals surface area contributed by atoms with Crippen LogP contribution in [-0.2, 0) is 11.4 Å². The molecule has 0 aliphatic heterocycles. The largest absolute Gasteiger partial charge is 0.497 e. The molecule has 0 saturated heterocycles. The van der Waals surface area contributed by atoms with Gasteiger partial charge in [0.2, 0.25) is 5.88 Å². The van der Waals surface area contributed by atoms with E-state index in [4.69, 9.17) is 14.2 Å². The zero-order valence-corrected chi connectivity index (χ0v) is 20.0. The number of aliphatic carboxylic acids is 1. The Morgan fingerprint density at radius 2 is 1.97 bits per heavy atom. The number of aromatic nitrogens is 2. The lowest BCUT2D eigenvalue weighted by Gasteiger charge is -2.16. The van der Waals surface area contributed by atoms with Crippen molar-refractivity contribution in [3.63, 3.8) is 0 Å². The van der Waals surface area contributed by atoms with E-state index < -0.39 is 11.8 Å². The Labute approximate surface area is 203 Å². The smallest absolute Gasteiger partial charge is 0.303 e. The lowest BCUT2D eigenvalue weighted by Crippen LogP contribution is -2.11. The van der Waals surface area contributed by atoms with Crippen molar-refractivity contribution in [2.24, 2.45) is 5.92 Å². The predicted octanol–water partition coefficient (Wildman–Crippen LogP) is 5.63. The molecule has 0 bridgehead atoms. The summed E-state index contributed by atoms with van der Waals surface area (Å²) in [5.41, 5.74) is 1.99. The van der Waals surface area contributed by atoms with Gasteiger partial charge < -0.3 is 19.3 Å². The molecule has 0 amide bonds. The zero-order valence-electron chi connectivity index (χ0n) is 20.0. The molecule has 1 atom stereocenters. The molecule has 0 radical (unpaired) electrons. The first-order valence-electron chi connectivity index (χ1n) is 11.6. The third-order valence-corrected chi connectivity index (χ3v) is 5.82. The maximum Gasteiger partial charge on any atom is 0.303 e. The fourth-order valence-corrected chi connectivity index (χ4v) is 4.01. The zero-order chi connectivity index (χ0) is 24.9. The maximum atomic E-state index is 14.6. The number of benzene rings is 2. The highest BCUT2D eigenvalue weighted by atomic mass is 19.1. The molecule has 8 heteroatoms. The number of carboxylic acid groups (broad SMARTS) is 1. The van der Waals surface area contributed by atoms with E-state index in [1.165, 1.54) is 25.4 Å². The molecular formula is C27H29FN2O5. The minimum absolute atomic E-state index is 0.0149. The Hall–Kier alpha value is -3.68. The summed E-state index contributed by atoms with van der Waals surface area (Å²) in [5.74, 6) is 0.464. The van der Waals surface area contributed by atoms with Crippen molar-refractivity contribution < 1.29 is 28.5 Å². The van der Waals surface area contributed by atoms with Gasteiger partial charge in [-0.15, -0.1) is 0 Å². The quantitative estimate of drug-likeness (QED) is 0.381. The van der Waals surface area contributed by atoms with Crippen LogP contribution in [0.5, 0.6) is 17.4 Å². The number of carboxylic acids is 1. The van der Waals surface area contributed by atoms with Crippen LogP contribution in [-0.4, -0.2) is 34.3 Å². The molecule has 4 rings (SSSR count). The lowest BCUT2D eigenvalue weighted by atomic mass is 9.91. The second-order valence-electron chi connectivity index (χ2n) is 8.93. The van der Waals surface area contributed by atoms with Gasteiger partial charge in [-0.25, -0.2) is 14.4 Å². The number of carbonyl (C=O) groups is 1. The van der Waals surface area contributed by atoms with Gasteiger partial charge in [-0.05, 0) is 74.4 Å². The molecule has 1 aliphatic carbocycles. The normalized spacial score (nSPS) is 14.0. The molecular weight excluding hydrogens is 451 g/mol. The highest BCUT2D eigenvalue weighted by Crippen LogP contribution is 2.45. The average molecular weight is 481 g/mol. The topological polar surface area (TPSA) is 90.8 Å². The molecule has 1 aliphatic rings. The summed E-state index contributed by atoms with van der Waals surface area (Å²) in [6.45, 7) is 3.84. The van der Waals surface area contributed by atoms with Gasteiger partial charge in [0.1, 0.15) is 35.3 Å². The van der Waals surface area contributed by atoms with Crippen LogP contribution in [0.1, 0.15) is 50.3 Å². The Balaban J connectivity index is 1.55. The fraction of sp³-hybridized carbons (Fsp3) is 0.370. The molecule has 2 aromatic carbocycles. The summed E-state index contributed by atoms with van der Waals surface area (Å²) in [5, 5.41) is 9.29. The fourth-order valence-electron chi connectivity index (χ4n) is 4.01. The van der Waals surface area contributed by atoms with Crippen molar-refractivity contribution in [1.82, 2.24) is 9.97 Å². The summed E-state index contributed by atoms with van der Waals surface area (Å²) < 4.78 is 31.6. The molecule has 1 aromatic heterocycles. The number of rotatable bonds is 11. The molecule has 3 aromatic rings. The second-order valence-corrected chi connectivity index (χ2v) is 8.93. The van der Waals surface area contributed by atoms with Crippen LogP contribution in [0.3, 0.4) is 0 Å². The highest BCUT2D eigenvalue weighted by Gasteiger charge is 2.33. The minimum Gasteiger partial charge on any atom is -0.497 e. The third kappa shape index (κ3) is 6.26. The van der Waals surface area contributed by atoms with Crippen molar-refractivity contribution in [2.45, 2.75) is 51.7 Å². The number of hydrogen-bond donors (Lipinski definition) is 1. The average Bonchev–Trinajstić information content (AvgIpc) is 3.67. The number of ether oxygens (including phenoxy) is 3. The number of hydrogen-bond acceptors (Lipinski definition) is 6. The Bertz CT molecular complexity index is 1200. The van der Waals surface area contributed by atoms with Gasteiger partial charge >= 0.3 is 5.97 Å². The maximum absolute atomic E-state index is 14.6. The van der Waals surface area contributed by atoms with Crippen molar-refractivity contribution in [3.05, 3.63) is 65.7 Å². The minimum atomic E-state index is -0.797. The second kappa shape index (κ2) is 10.7. The Morgan fingerprint density at radius 1 is 1.17 bits per heavy atom. The molecule has 1 heterocycles. The predicted molar refractivity (Wildman–Crippen MR) is 128 cm³/mol. The molecule has 0 unspecified atom stereocenters. The van der Waals surface area contributed by atoms with E-state index in [0.717, 1.165) is 18.4 Å². The van der Waals surface area contributed by atoms with Gasteiger partial charge in [0.15, 0.2) is 0 Å². The highest BCUT2D eigenvalue weighted by molar-refractivity contribution is 5.68. The molecule has 35 heavy (non-hydrogen) atoms. The molecule has 184 valence electrons. The van der Waals surface area contributed by atoms with Gasteiger partial charge in [-0.1, -0.05) is 12.1 Å². The molecule has 7 nitrogen and oxygen atoms in total. The third-order valence-electron chi connectivity index (χ3n) is 5.82. The van der Waals surface area contributed by atoms with E-state index in [-0.39, 0.29) is 42.2 Å². The number of nitrogens with zero attached hydrogens (tertiary/aromatic N) is 2. The summed E-state index contributed by atoms with van der Waals surface area (Å²) in [7, 11) is 1.51. The standard InChI is InChI=1S/C27H29FN2O5/c1-16(2)35-27-26(23-12-20(33-3)9-10-24(23)28)29-14-19(30-27)15-34-21-6-4-5-18(11-21)22(13-25(31)32)17-7-8-17/h4-6,9-12,14,16-17,22H,7-8,13,15H2,1-3H3,(H,31,32)/t22-/m0/s1. The van der Waals surface area contributed by atoms with Crippen LogP contribution >= 0.6 is 0 Å². The van der Waals surface area contributed by atoms with Crippen molar-refractivity contribution >= 4 is 5.97 Å². The monoisotopic (exact) mass is 480 g/mol. The van der Waals surface area contributed by atoms with Crippen LogP contribution < -0.4 is 14.2 Å². The Morgan fingerprint density at radius 3 is 2.66 bits per heavy atom. The van der Waals surface area contributed by atoms with Crippen molar-refractivity contribution in [2.75, 3.05) is 7.11 Å². The lowest BCUT2D eigenvalue weighted by molar-refractivity contribution is -0.137. The van der Waals surface area contributed by atoms with E-state index in [2.05, 4.69) is 9.97 Å². The Kier molecular flexibility index (Phi) is 7.48. The molecule has 1 fully saturated rings. The van der Waals surface area contributed by atoms with Crippen molar-refractivity contribution in [1.29, 1.82) is 0 Å². The van der Waals surface area contributed by atoms with E-state index in [1.54, 1.807) is 6.07 Å². The molecule has 1 N–H and O–H groups in total. The summed E-state index contributed by atoms with van der Waals surface area (Å²) in [6, 6.07) is 12.0. The summed E-state index contributed by atoms with van der Waals surface area (Å²) in [6.07, 6.45) is 3.55. The van der Waals surface area contributed by atoms with E-state index in [9.17, 15) is 14.3 Å². The first-order valence-corrected chi connectivity index (χ1v) is 11.6. The molecule has 0 spiro atoms. The summed E-state index contributed by atoms with van der Waals surface area (Å²) >= 11 is 0. The van der Waals surface area contributed by atoms with Gasteiger partial charge in [0.25, 0.3) is 0 Å². The SMILES string of the molecule is COc1ccc(F)c(-c2ncc(COc3cccc([C@@H](CC(=O)O)C4CC4)c3)nc2OC(C)C)c1. The van der Waals surface area contributed by atoms with Crippen molar-refractivity contribution in [3.8, 4) is 28.6 Å². The van der Waals surface area contributed by atoms with Crippen LogP contribution in [0.2, 0.25) is 0 Å². The number of halogens is 1. The summed E-state index contributed by atoms with van der Waals surface area (Å²) in [4.78, 5) is 20.3. The van der Waals surface area contributed by atoms with Crippen LogP contribution in [0.25, 0.3) is 11.3 Å².